The lowest BCUT2D eigenvalue weighted by molar-refractivity contribution is -0.137. The number of hydrogen-bond donors (Lipinski definition) is 2. The third kappa shape index (κ3) is 9.86. The van der Waals surface area contributed by atoms with Crippen LogP contribution in [0.25, 0.3) is 0 Å². The van der Waals surface area contributed by atoms with Crippen molar-refractivity contribution >= 4 is 23.8 Å². The zero-order valence-corrected chi connectivity index (χ0v) is 17.8. The first-order valence-corrected chi connectivity index (χ1v) is 9.89. The Hall–Kier alpha value is -3.16. The molecule has 2 N–H and O–H groups in total. The lowest BCUT2D eigenvalue weighted by Crippen LogP contribution is -2.51. The van der Waals surface area contributed by atoms with Gasteiger partial charge in [-0.1, -0.05) is 44.2 Å². The summed E-state index contributed by atoms with van der Waals surface area (Å²) < 4.78 is 9.88. The number of ketones is 1. The van der Waals surface area contributed by atoms with E-state index in [4.69, 9.17) is 9.47 Å². The molecule has 0 unspecified atom stereocenters. The Labute approximate surface area is 177 Å². The second-order valence-corrected chi connectivity index (χ2v) is 7.11. The molecule has 0 saturated heterocycles. The minimum Gasteiger partial charge on any atom is -0.463 e. The van der Waals surface area contributed by atoms with Crippen molar-refractivity contribution in [1.29, 1.82) is 0 Å². The van der Waals surface area contributed by atoms with Gasteiger partial charge in [-0.25, -0.2) is 9.59 Å². The zero-order valence-electron chi connectivity index (χ0n) is 17.8. The molecular weight excluding hydrogens is 388 g/mol. The predicted octanol–water partition coefficient (Wildman–Crippen LogP) is 2.52. The Morgan fingerprint density at radius 2 is 1.63 bits per heavy atom. The predicted molar refractivity (Wildman–Crippen MR) is 111 cm³/mol. The summed E-state index contributed by atoms with van der Waals surface area (Å²) in [6.07, 6.45) is 1.72. The number of carbonyl (C=O) groups excluding carboxylic acids is 4. The van der Waals surface area contributed by atoms with Crippen LogP contribution in [0.2, 0.25) is 0 Å². The molecule has 8 heteroatoms. The molecule has 0 aliphatic carbocycles. The number of hydrogen-bond acceptors (Lipinski definition) is 6. The molecule has 1 aromatic carbocycles. The van der Waals surface area contributed by atoms with Crippen molar-refractivity contribution in [3.8, 4) is 0 Å². The summed E-state index contributed by atoms with van der Waals surface area (Å²) in [6, 6.07) is 7.43. The number of alkyl carbamates (subject to hydrolysis) is 1. The van der Waals surface area contributed by atoms with Crippen molar-refractivity contribution in [3.63, 3.8) is 0 Å². The lowest BCUT2D eigenvalue weighted by Gasteiger charge is -2.21. The number of rotatable bonds is 11. The first kappa shape index (κ1) is 24.9. The Morgan fingerprint density at radius 1 is 0.967 bits per heavy atom. The van der Waals surface area contributed by atoms with Gasteiger partial charge in [-0.15, -0.1) is 0 Å². The largest absolute Gasteiger partial charge is 0.463 e. The van der Waals surface area contributed by atoms with E-state index in [1.165, 1.54) is 6.92 Å². The minimum atomic E-state index is -0.875. The first-order chi connectivity index (χ1) is 14.2. The van der Waals surface area contributed by atoms with Crippen LogP contribution in [-0.2, 0) is 30.5 Å². The summed E-state index contributed by atoms with van der Waals surface area (Å²) in [5.41, 5.74) is 0.824. The van der Waals surface area contributed by atoms with Crippen LogP contribution in [0.15, 0.2) is 42.5 Å². The number of carbonyl (C=O) groups is 4. The molecule has 30 heavy (non-hydrogen) atoms. The van der Waals surface area contributed by atoms with Crippen LogP contribution in [0.1, 0.15) is 39.7 Å². The fourth-order valence-electron chi connectivity index (χ4n) is 2.48. The zero-order chi connectivity index (χ0) is 22.5. The summed E-state index contributed by atoms with van der Waals surface area (Å²) in [5.74, 6) is -1.49. The molecule has 8 nitrogen and oxygen atoms in total. The van der Waals surface area contributed by atoms with Crippen molar-refractivity contribution < 1.29 is 28.7 Å². The van der Waals surface area contributed by atoms with Crippen LogP contribution in [0, 0.1) is 5.92 Å². The summed E-state index contributed by atoms with van der Waals surface area (Å²) in [7, 11) is 0. The van der Waals surface area contributed by atoms with E-state index in [1.807, 2.05) is 44.2 Å². The van der Waals surface area contributed by atoms with E-state index in [9.17, 15) is 19.2 Å². The standard InChI is InChI=1S/C22H30N2O6/c1-5-29-20(26)12-11-19(25)16(4)23-21(27)18(13-15(2)3)24-22(28)30-14-17-9-7-6-8-10-17/h6-12,15-16,18H,5,13-14H2,1-4H3,(H,23,27)(H,24,28)/b12-11+/t16-,18-/m0/s1. The van der Waals surface area contributed by atoms with Crippen molar-refractivity contribution in [2.75, 3.05) is 6.61 Å². The van der Waals surface area contributed by atoms with Gasteiger partial charge in [0, 0.05) is 6.08 Å². The SMILES string of the molecule is CCOC(=O)/C=C/C(=O)[C@H](C)NC(=O)[C@H](CC(C)C)NC(=O)OCc1ccccc1. The lowest BCUT2D eigenvalue weighted by atomic mass is 10.0. The molecule has 0 heterocycles. The molecule has 1 rings (SSSR count). The Morgan fingerprint density at radius 3 is 2.23 bits per heavy atom. The highest BCUT2D eigenvalue weighted by molar-refractivity contribution is 6.00. The molecule has 0 radical (unpaired) electrons. The normalized spacial score (nSPS) is 12.8. The van der Waals surface area contributed by atoms with Crippen molar-refractivity contribution in [1.82, 2.24) is 10.6 Å². The Balaban J connectivity index is 2.63. The molecule has 1 aromatic rings. The van der Waals surface area contributed by atoms with Crippen LogP contribution >= 0.6 is 0 Å². The van der Waals surface area contributed by atoms with Crippen LogP contribution in [0.5, 0.6) is 0 Å². The molecule has 0 aromatic heterocycles. The highest BCUT2D eigenvalue weighted by Crippen LogP contribution is 2.07. The number of amides is 2. The van der Waals surface area contributed by atoms with Crippen LogP contribution < -0.4 is 10.6 Å². The third-order valence-corrected chi connectivity index (χ3v) is 3.98. The van der Waals surface area contributed by atoms with Gasteiger partial charge in [0.15, 0.2) is 5.78 Å². The molecule has 0 aliphatic heterocycles. The summed E-state index contributed by atoms with van der Waals surface area (Å²) in [6.45, 7) is 7.25. The fourth-order valence-corrected chi connectivity index (χ4v) is 2.48. The van der Waals surface area contributed by atoms with Gasteiger partial charge in [-0.3, -0.25) is 9.59 Å². The average molecular weight is 418 g/mol. The second-order valence-electron chi connectivity index (χ2n) is 7.11. The van der Waals surface area contributed by atoms with Crippen LogP contribution in [0.3, 0.4) is 0 Å². The average Bonchev–Trinajstić information content (AvgIpc) is 2.70. The Bertz CT molecular complexity index is 745. The Kier molecular flexibility index (Phi) is 10.9. The monoisotopic (exact) mass is 418 g/mol. The molecule has 0 fully saturated rings. The van der Waals surface area contributed by atoms with E-state index in [2.05, 4.69) is 10.6 Å². The highest BCUT2D eigenvalue weighted by Gasteiger charge is 2.25. The second kappa shape index (κ2) is 13.1. The number of ether oxygens (including phenoxy) is 2. The molecule has 2 atom stereocenters. The number of esters is 1. The maximum absolute atomic E-state index is 12.6. The van der Waals surface area contributed by atoms with Gasteiger partial charge >= 0.3 is 12.1 Å². The summed E-state index contributed by atoms with van der Waals surface area (Å²) >= 11 is 0. The summed E-state index contributed by atoms with van der Waals surface area (Å²) in [5, 5.41) is 5.11. The molecular formula is C22H30N2O6. The van der Waals surface area contributed by atoms with E-state index < -0.39 is 35.8 Å². The van der Waals surface area contributed by atoms with Crippen molar-refractivity contribution in [2.24, 2.45) is 5.92 Å². The molecule has 0 bridgehead atoms. The van der Waals surface area contributed by atoms with E-state index >= 15 is 0 Å². The number of benzene rings is 1. The van der Waals surface area contributed by atoms with Gasteiger partial charge in [0.1, 0.15) is 12.6 Å². The van der Waals surface area contributed by atoms with Gasteiger partial charge in [-0.2, -0.15) is 0 Å². The maximum Gasteiger partial charge on any atom is 0.408 e. The summed E-state index contributed by atoms with van der Waals surface area (Å²) in [4.78, 5) is 48.1. The molecule has 0 spiro atoms. The maximum atomic E-state index is 12.6. The minimum absolute atomic E-state index is 0.0796. The molecule has 2 amide bonds. The molecule has 0 aliphatic rings. The number of nitrogens with one attached hydrogen (secondary N) is 2. The van der Waals surface area contributed by atoms with Crippen LogP contribution in [-0.4, -0.2) is 42.4 Å². The van der Waals surface area contributed by atoms with Gasteiger partial charge in [0.25, 0.3) is 0 Å². The smallest absolute Gasteiger partial charge is 0.408 e. The fraction of sp³-hybridized carbons (Fsp3) is 0.455. The van der Waals surface area contributed by atoms with Crippen LogP contribution in [0.4, 0.5) is 4.79 Å². The quantitative estimate of drug-likeness (QED) is 0.422. The van der Waals surface area contributed by atoms with E-state index in [0.29, 0.717) is 6.42 Å². The van der Waals surface area contributed by atoms with Gasteiger partial charge in [0.05, 0.1) is 12.6 Å². The highest BCUT2D eigenvalue weighted by atomic mass is 16.5. The third-order valence-electron chi connectivity index (χ3n) is 3.98. The topological polar surface area (TPSA) is 111 Å². The van der Waals surface area contributed by atoms with Crippen molar-refractivity contribution in [2.45, 2.75) is 52.8 Å². The van der Waals surface area contributed by atoms with Gasteiger partial charge in [-0.05, 0) is 37.8 Å². The van der Waals surface area contributed by atoms with Gasteiger partial charge in [0.2, 0.25) is 5.91 Å². The van der Waals surface area contributed by atoms with E-state index in [-0.39, 0.29) is 19.1 Å². The van der Waals surface area contributed by atoms with E-state index in [0.717, 1.165) is 17.7 Å². The molecule has 0 saturated carbocycles. The van der Waals surface area contributed by atoms with Gasteiger partial charge < -0.3 is 20.1 Å². The van der Waals surface area contributed by atoms with Crippen molar-refractivity contribution in [3.05, 3.63) is 48.0 Å². The van der Waals surface area contributed by atoms with E-state index in [1.54, 1.807) is 6.92 Å². The first-order valence-electron chi connectivity index (χ1n) is 9.89. The molecule has 164 valence electrons.